The van der Waals surface area contributed by atoms with Crippen molar-refractivity contribution in [3.63, 3.8) is 0 Å². The van der Waals surface area contributed by atoms with Crippen molar-refractivity contribution < 1.29 is 0 Å². The van der Waals surface area contributed by atoms with Crippen molar-refractivity contribution in [1.29, 1.82) is 0 Å². The maximum atomic E-state index is 4.10. The van der Waals surface area contributed by atoms with E-state index in [1.54, 1.807) is 0 Å². The minimum absolute atomic E-state index is 0.659. The summed E-state index contributed by atoms with van der Waals surface area (Å²) in [5.41, 5.74) is 4.72. The molecule has 0 saturated heterocycles. The first-order chi connectivity index (χ1) is 8.83. The zero-order valence-electron chi connectivity index (χ0n) is 10.4. The summed E-state index contributed by atoms with van der Waals surface area (Å²) in [6.07, 6.45) is 2.56. The van der Waals surface area contributed by atoms with E-state index in [9.17, 15) is 0 Å². The van der Waals surface area contributed by atoms with E-state index in [1.807, 2.05) is 6.07 Å². The van der Waals surface area contributed by atoms with Crippen molar-refractivity contribution >= 4 is 5.70 Å². The molecule has 0 aliphatic heterocycles. The van der Waals surface area contributed by atoms with Gasteiger partial charge in [-0.3, -0.25) is 0 Å². The van der Waals surface area contributed by atoms with E-state index in [0.717, 1.165) is 5.70 Å². The van der Waals surface area contributed by atoms with E-state index in [4.69, 9.17) is 0 Å². The van der Waals surface area contributed by atoms with E-state index in [1.165, 1.54) is 29.5 Å². The molecule has 2 aromatic rings. The summed E-state index contributed by atoms with van der Waals surface area (Å²) in [5, 5.41) is 3.43. The molecule has 1 heteroatoms. The molecule has 0 atom stereocenters. The van der Waals surface area contributed by atoms with Gasteiger partial charge in [-0.25, -0.2) is 0 Å². The molecule has 0 spiro atoms. The third-order valence-corrected chi connectivity index (χ3v) is 3.30. The van der Waals surface area contributed by atoms with Gasteiger partial charge in [0, 0.05) is 11.7 Å². The molecule has 0 amide bonds. The molecule has 2 aromatic carbocycles. The maximum absolute atomic E-state index is 4.10. The van der Waals surface area contributed by atoms with Crippen LogP contribution in [-0.2, 0) is 0 Å². The van der Waals surface area contributed by atoms with Crippen molar-refractivity contribution in [2.45, 2.75) is 18.9 Å². The third kappa shape index (κ3) is 2.45. The molecule has 0 aromatic heterocycles. The molecular weight excluding hydrogens is 218 g/mol. The molecule has 0 bridgehead atoms. The van der Waals surface area contributed by atoms with Crippen LogP contribution in [0.5, 0.6) is 0 Å². The molecule has 0 unspecified atom stereocenters. The van der Waals surface area contributed by atoms with Gasteiger partial charge in [-0.05, 0) is 29.5 Å². The average Bonchev–Trinajstić information content (AvgIpc) is 3.24. The van der Waals surface area contributed by atoms with Gasteiger partial charge in [0.1, 0.15) is 0 Å². The number of hydrogen-bond acceptors (Lipinski definition) is 1. The molecule has 3 rings (SSSR count). The van der Waals surface area contributed by atoms with Gasteiger partial charge in [-0.1, -0.05) is 61.2 Å². The van der Waals surface area contributed by atoms with Crippen LogP contribution in [0.4, 0.5) is 0 Å². The maximum Gasteiger partial charge on any atom is 0.0342 e. The van der Waals surface area contributed by atoms with Gasteiger partial charge in [0.15, 0.2) is 0 Å². The Balaban J connectivity index is 1.78. The van der Waals surface area contributed by atoms with Crippen LogP contribution >= 0.6 is 0 Å². The van der Waals surface area contributed by atoms with Crippen LogP contribution < -0.4 is 5.32 Å². The second-order valence-electron chi connectivity index (χ2n) is 4.84. The highest BCUT2D eigenvalue weighted by Crippen LogP contribution is 2.24. The first-order valence-corrected chi connectivity index (χ1v) is 6.44. The Bertz CT molecular complexity index is 536. The topological polar surface area (TPSA) is 12.0 Å². The molecule has 0 radical (unpaired) electrons. The number of rotatable bonds is 4. The smallest absolute Gasteiger partial charge is 0.0342 e. The third-order valence-electron chi connectivity index (χ3n) is 3.30. The second kappa shape index (κ2) is 4.69. The van der Waals surface area contributed by atoms with Crippen molar-refractivity contribution in [2.24, 2.45) is 0 Å². The minimum atomic E-state index is 0.659. The predicted molar refractivity (Wildman–Crippen MR) is 77.1 cm³/mol. The number of hydrogen-bond donors (Lipinski definition) is 1. The van der Waals surface area contributed by atoms with Crippen LogP contribution in [0, 0.1) is 0 Å². The second-order valence-corrected chi connectivity index (χ2v) is 4.84. The van der Waals surface area contributed by atoms with E-state index >= 15 is 0 Å². The molecule has 0 heterocycles. The predicted octanol–water partition coefficient (Wildman–Crippen LogP) is 4.08. The fourth-order valence-corrected chi connectivity index (χ4v) is 2.05. The molecule has 1 saturated carbocycles. The van der Waals surface area contributed by atoms with Gasteiger partial charge >= 0.3 is 0 Å². The zero-order chi connectivity index (χ0) is 12.4. The van der Waals surface area contributed by atoms with Crippen LogP contribution in [-0.4, -0.2) is 6.04 Å². The lowest BCUT2D eigenvalue weighted by molar-refractivity contribution is 0.885. The lowest BCUT2D eigenvalue weighted by atomic mass is 10.0. The lowest BCUT2D eigenvalue weighted by Gasteiger charge is -2.09. The SMILES string of the molecule is C=C(NC1CC1)c1ccc(-c2ccccc2)cc1. The van der Waals surface area contributed by atoms with Gasteiger partial charge in [-0.2, -0.15) is 0 Å². The van der Waals surface area contributed by atoms with Crippen molar-refractivity contribution in [1.82, 2.24) is 5.32 Å². The monoisotopic (exact) mass is 235 g/mol. The van der Waals surface area contributed by atoms with Crippen LogP contribution in [0.3, 0.4) is 0 Å². The van der Waals surface area contributed by atoms with Crippen LogP contribution in [0.25, 0.3) is 16.8 Å². The molecule has 1 N–H and O–H groups in total. The Morgan fingerprint density at radius 2 is 1.50 bits per heavy atom. The Hall–Kier alpha value is -2.02. The van der Waals surface area contributed by atoms with Crippen LogP contribution in [0.15, 0.2) is 61.2 Å². The van der Waals surface area contributed by atoms with E-state index in [0.29, 0.717) is 6.04 Å². The first-order valence-electron chi connectivity index (χ1n) is 6.44. The quantitative estimate of drug-likeness (QED) is 0.842. The van der Waals surface area contributed by atoms with Gasteiger partial charge in [0.05, 0.1) is 0 Å². The number of benzene rings is 2. The van der Waals surface area contributed by atoms with Crippen LogP contribution in [0.1, 0.15) is 18.4 Å². The fraction of sp³-hybridized carbons (Fsp3) is 0.176. The largest absolute Gasteiger partial charge is 0.382 e. The molecule has 1 nitrogen and oxygen atoms in total. The molecule has 1 fully saturated rings. The highest BCUT2D eigenvalue weighted by atomic mass is 15.0. The summed E-state index contributed by atoms with van der Waals surface area (Å²) in [6.45, 7) is 4.10. The Labute approximate surface area is 108 Å². The van der Waals surface area contributed by atoms with Crippen molar-refractivity contribution in [3.05, 3.63) is 66.7 Å². The minimum Gasteiger partial charge on any atom is -0.382 e. The summed E-state index contributed by atoms with van der Waals surface area (Å²) in [4.78, 5) is 0. The molecular formula is C17H17N. The van der Waals surface area contributed by atoms with E-state index in [2.05, 4.69) is 60.4 Å². The summed E-state index contributed by atoms with van der Waals surface area (Å²) in [7, 11) is 0. The molecule has 1 aliphatic rings. The summed E-state index contributed by atoms with van der Waals surface area (Å²) in [5.74, 6) is 0. The van der Waals surface area contributed by atoms with E-state index < -0.39 is 0 Å². The van der Waals surface area contributed by atoms with Crippen molar-refractivity contribution in [2.75, 3.05) is 0 Å². The number of nitrogens with one attached hydrogen (secondary N) is 1. The van der Waals surface area contributed by atoms with Crippen LogP contribution in [0.2, 0.25) is 0 Å². The summed E-state index contributed by atoms with van der Waals surface area (Å²) >= 11 is 0. The summed E-state index contributed by atoms with van der Waals surface area (Å²) in [6, 6.07) is 19.7. The standard InChI is InChI=1S/C17H17N/c1-13(18-17-11-12-17)14-7-9-16(10-8-14)15-5-3-2-4-6-15/h2-10,17-18H,1,11-12H2. The molecule has 90 valence electrons. The van der Waals surface area contributed by atoms with E-state index in [-0.39, 0.29) is 0 Å². The van der Waals surface area contributed by atoms with Gasteiger partial charge in [0.25, 0.3) is 0 Å². The molecule has 1 aliphatic carbocycles. The Kier molecular flexibility index (Phi) is 2.89. The highest BCUT2D eigenvalue weighted by Gasteiger charge is 2.21. The van der Waals surface area contributed by atoms with Gasteiger partial charge < -0.3 is 5.32 Å². The van der Waals surface area contributed by atoms with Gasteiger partial charge in [-0.15, -0.1) is 0 Å². The van der Waals surface area contributed by atoms with Crippen molar-refractivity contribution in [3.8, 4) is 11.1 Å². The van der Waals surface area contributed by atoms with Gasteiger partial charge in [0.2, 0.25) is 0 Å². The average molecular weight is 235 g/mol. The summed E-state index contributed by atoms with van der Waals surface area (Å²) < 4.78 is 0. The normalized spacial score (nSPS) is 14.2. The first kappa shape index (κ1) is 11.1. The fourth-order valence-electron chi connectivity index (χ4n) is 2.05. The zero-order valence-corrected chi connectivity index (χ0v) is 10.4. The Morgan fingerprint density at radius 1 is 0.889 bits per heavy atom. The lowest BCUT2D eigenvalue weighted by Crippen LogP contribution is -2.13. The Morgan fingerprint density at radius 3 is 2.11 bits per heavy atom. The highest BCUT2D eigenvalue weighted by molar-refractivity contribution is 5.68. The molecule has 18 heavy (non-hydrogen) atoms.